The molecule has 1 unspecified atom stereocenters. The molecule has 208 valence electrons. The van der Waals surface area contributed by atoms with Crippen molar-refractivity contribution in [3.63, 3.8) is 0 Å². The van der Waals surface area contributed by atoms with Gasteiger partial charge in [0.25, 0.3) is 11.7 Å². The summed E-state index contributed by atoms with van der Waals surface area (Å²) in [5, 5.41) is 11.5. The maximum absolute atomic E-state index is 13.4. The highest BCUT2D eigenvalue weighted by Gasteiger charge is 2.46. The predicted molar refractivity (Wildman–Crippen MR) is 159 cm³/mol. The molecule has 0 aliphatic carbocycles. The van der Waals surface area contributed by atoms with Crippen LogP contribution in [-0.2, 0) is 28.2 Å². The highest BCUT2D eigenvalue weighted by atomic mass is 16.5. The van der Waals surface area contributed by atoms with Crippen molar-refractivity contribution in [2.75, 3.05) is 0 Å². The van der Waals surface area contributed by atoms with E-state index >= 15 is 0 Å². The smallest absolute Gasteiger partial charge is 0.295 e. The van der Waals surface area contributed by atoms with E-state index in [1.54, 1.807) is 36.7 Å². The fourth-order valence-electron chi connectivity index (χ4n) is 5.07. The van der Waals surface area contributed by atoms with Gasteiger partial charge in [0.05, 0.1) is 11.6 Å². The van der Waals surface area contributed by atoms with Crippen molar-refractivity contribution in [3.8, 4) is 5.75 Å². The number of benzene rings is 3. The number of rotatable bonds is 7. The Morgan fingerprint density at radius 2 is 1.59 bits per heavy atom. The van der Waals surface area contributed by atoms with Crippen LogP contribution in [0.3, 0.4) is 0 Å². The third-order valence-corrected chi connectivity index (χ3v) is 7.35. The van der Waals surface area contributed by atoms with Crippen molar-refractivity contribution in [1.82, 2.24) is 9.88 Å². The number of aliphatic hydroxyl groups is 1. The second kappa shape index (κ2) is 11.4. The minimum atomic E-state index is -0.741. The van der Waals surface area contributed by atoms with E-state index in [1.807, 2.05) is 61.5 Å². The van der Waals surface area contributed by atoms with E-state index in [9.17, 15) is 14.7 Å². The number of ketones is 1. The Kier molecular flexibility index (Phi) is 7.75. The van der Waals surface area contributed by atoms with Crippen molar-refractivity contribution in [2.45, 2.75) is 52.3 Å². The number of carbonyl (C=O) groups excluding carboxylic acids is 2. The number of aryl methyl sites for hydroxylation is 1. The molecule has 0 spiro atoms. The molecule has 0 bridgehead atoms. The number of ether oxygens (including phenoxy) is 1. The third-order valence-electron chi connectivity index (χ3n) is 7.35. The summed E-state index contributed by atoms with van der Waals surface area (Å²) in [5.41, 5.74) is 5.40. The summed E-state index contributed by atoms with van der Waals surface area (Å²) in [4.78, 5) is 32.4. The third kappa shape index (κ3) is 6.07. The molecule has 1 aromatic heterocycles. The van der Waals surface area contributed by atoms with Crippen molar-refractivity contribution in [1.29, 1.82) is 0 Å². The Hall–Kier alpha value is -4.71. The molecule has 1 amide bonds. The summed E-state index contributed by atoms with van der Waals surface area (Å²) in [7, 11) is 0. The quantitative estimate of drug-likeness (QED) is 0.155. The molecule has 2 heterocycles. The van der Waals surface area contributed by atoms with Gasteiger partial charge in [-0.25, -0.2) is 0 Å². The minimum Gasteiger partial charge on any atom is -0.507 e. The number of amides is 1. The second-order valence-corrected chi connectivity index (χ2v) is 11.5. The van der Waals surface area contributed by atoms with Gasteiger partial charge in [0.15, 0.2) is 0 Å². The molecule has 5 rings (SSSR count). The van der Waals surface area contributed by atoms with Crippen LogP contribution in [0, 0.1) is 6.92 Å². The number of carbonyl (C=O) groups is 2. The van der Waals surface area contributed by atoms with Gasteiger partial charge in [-0.15, -0.1) is 0 Å². The average molecular weight is 547 g/mol. The Labute approximate surface area is 240 Å². The lowest BCUT2D eigenvalue weighted by Crippen LogP contribution is -2.29. The number of aromatic nitrogens is 1. The molecule has 1 aliphatic heterocycles. The molecule has 4 aromatic rings. The zero-order valence-corrected chi connectivity index (χ0v) is 23.8. The van der Waals surface area contributed by atoms with Crippen LogP contribution in [0.2, 0.25) is 0 Å². The van der Waals surface area contributed by atoms with Crippen LogP contribution in [0.5, 0.6) is 5.75 Å². The van der Waals surface area contributed by atoms with E-state index in [1.165, 1.54) is 4.90 Å². The number of likely N-dealkylation sites (tertiary alicyclic amines) is 1. The highest BCUT2D eigenvalue weighted by Crippen LogP contribution is 2.41. The fraction of sp³-hybridized carbons (Fsp3) is 0.229. The Balaban J connectivity index is 1.49. The van der Waals surface area contributed by atoms with Gasteiger partial charge in [-0.2, -0.15) is 0 Å². The SMILES string of the molecule is Cc1cccc(COc2ccc(/C(O)=C3\C(=O)C(=O)N(Cc4ccncc4)C3c3ccc(C(C)(C)C)cc3)cc2)c1. The number of hydrogen-bond donors (Lipinski definition) is 1. The van der Waals surface area contributed by atoms with E-state index in [-0.39, 0.29) is 23.3 Å². The molecule has 1 atom stereocenters. The molecular weight excluding hydrogens is 512 g/mol. The molecule has 6 heteroatoms. The maximum atomic E-state index is 13.4. The molecule has 6 nitrogen and oxygen atoms in total. The summed E-state index contributed by atoms with van der Waals surface area (Å²) >= 11 is 0. The Morgan fingerprint density at radius 3 is 2.22 bits per heavy atom. The number of nitrogens with zero attached hydrogens (tertiary/aromatic N) is 2. The number of hydrogen-bond acceptors (Lipinski definition) is 5. The van der Waals surface area contributed by atoms with Crippen LogP contribution in [-0.4, -0.2) is 26.7 Å². The zero-order chi connectivity index (χ0) is 29.1. The molecular formula is C35H34N2O4. The molecule has 41 heavy (non-hydrogen) atoms. The average Bonchev–Trinajstić information content (AvgIpc) is 3.21. The molecule has 0 radical (unpaired) electrons. The second-order valence-electron chi connectivity index (χ2n) is 11.5. The maximum Gasteiger partial charge on any atom is 0.295 e. The van der Waals surface area contributed by atoms with Crippen LogP contribution in [0.25, 0.3) is 5.76 Å². The van der Waals surface area contributed by atoms with Gasteiger partial charge in [-0.3, -0.25) is 14.6 Å². The zero-order valence-electron chi connectivity index (χ0n) is 23.8. The van der Waals surface area contributed by atoms with Crippen molar-refractivity contribution in [3.05, 3.63) is 136 Å². The van der Waals surface area contributed by atoms with Crippen LogP contribution in [0.4, 0.5) is 0 Å². The molecule has 1 saturated heterocycles. The van der Waals surface area contributed by atoms with Crippen LogP contribution < -0.4 is 4.74 Å². The summed E-state index contributed by atoms with van der Waals surface area (Å²) in [5.74, 6) is -0.932. The first-order valence-corrected chi connectivity index (χ1v) is 13.7. The number of Topliss-reactive ketones (excluding diaryl/α,β-unsaturated/α-hetero) is 1. The lowest BCUT2D eigenvalue weighted by atomic mass is 9.85. The van der Waals surface area contributed by atoms with Gasteiger partial charge in [-0.05, 0) is 71.0 Å². The van der Waals surface area contributed by atoms with Gasteiger partial charge >= 0.3 is 0 Å². The van der Waals surface area contributed by atoms with Crippen molar-refractivity contribution >= 4 is 17.4 Å². The van der Waals surface area contributed by atoms with Gasteiger partial charge in [0.1, 0.15) is 18.1 Å². The van der Waals surface area contributed by atoms with Crippen molar-refractivity contribution < 1.29 is 19.4 Å². The summed E-state index contributed by atoms with van der Waals surface area (Å²) in [6.07, 6.45) is 3.31. The van der Waals surface area contributed by atoms with E-state index < -0.39 is 17.7 Å². The molecule has 1 fully saturated rings. The monoisotopic (exact) mass is 546 g/mol. The van der Waals surface area contributed by atoms with E-state index in [0.29, 0.717) is 17.9 Å². The highest BCUT2D eigenvalue weighted by molar-refractivity contribution is 6.46. The first kappa shape index (κ1) is 27.8. The molecule has 3 aromatic carbocycles. The standard InChI is InChI=1S/C35H34N2O4/c1-23-6-5-7-25(20-23)22-41-29-14-10-27(11-15-29)32(38)30-31(26-8-12-28(13-9-26)35(2,3)4)37(34(40)33(30)39)21-24-16-18-36-19-17-24/h5-20,31,38H,21-22H2,1-4H3/b32-30+. The lowest BCUT2D eigenvalue weighted by molar-refractivity contribution is -0.140. The van der Waals surface area contributed by atoms with Gasteiger partial charge < -0.3 is 14.7 Å². The Bertz CT molecular complexity index is 1580. The minimum absolute atomic E-state index is 0.0550. The molecule has 1 N–H and O–H groups in total. The largest absolute Gasteiger partial charge is 0.507 e. The first-order chi connectivity index (χ1) is 19.6. The van der Waals surface area contributed by atoms with E-state index in [0.717, 1.165) is 27.8 Å². The fourth-order valence-corrected chi connectivity index (χ4v) is 5.07. The molecule has 1 aliphatic rings. The van der Waals surface area contributed by atoms with E-state index in [2.05, 4.69) is 31.8 Å². The van der Waals surface area contributed by atoms with Crippen molar-refractivity contribution in [2.24, 2.45) is 0 Å². The number of pyridine rings is 1. The van der Waals surface area contributed by atoms with Gasteiger partial charge in [-0.1, -0.05) is 74.9 Å². The van der Waals surface area contributed by atoms with E-state index in [4.69, 9.17) is 4.74 Å². The predicted octanol–water partition coefficient (Wildman–Crippen LogP) is 6.89. The normalized spacial score (nSPS) is 16.7. The first-order valence-electron chi connectivity index (χ1n) is 13.7. The topological polar surface area (TPSA) is 79.7 Å². The van der Waals surface area contributed by atoms with Crippen LogP contribution in [0.15, 0.2) is 103 Å². The van der Waals surface area contributed by atoms with Gasteiger partial charge in [0.2, 0.25) is 0 Å². The number of aliphatic hydroxyl groups excluding tert-OH is 1. The molecule has 0 saturated carbocycles. The van der Waals surface area contributed by atoms with Crippen LogP contribution in [0.1, 0.15) is 60.2 Å². The summed E-state index contributed by atoms with van der Waals surface area (Å²) < 4.78 is 5.93. The lowest BCUT2D eigenvalue weighted by Gasteiger charge is -2.26. The summed E-state index contributed by atoms with van der Waals surface area (Å²) in [6, 6.07) is 25.8. The van der Waals surface area contributed by atoms with Crippen LogP contribution >= 0.6 is 0 Å². The van der Waals surface area contributed by atoms with Gasteiger partial charge in [0, 0.05) is 24.5 Å². The summed E-state index contributed by atoms with van der Waals surface area (Å²) in [6.45, 7) is 9.05. The Morgan fingerprint density at radius 1 is 0.902 bits per heavy atom.